The van der Waals surface area contributed by atoms with Crippen molar-refractivity contribution in [3.05, 3.63) is 48.6 Å². The second kappa shape index (κ2) is 14.5. The number of allylic oxidation sites excluding steroid dienone is 7. The molecule has 4 heteroatoms. The molecule has 0 bridgehead atoms. The van der Waals surface area contributed by atoms with Crippen molar-refractivity contribution in [2.24, 2.45) is 0 Å². The van der Waals surface area contributed by atoms with Crippen LogP contribution >= 0.6 is 0 Å². The van der Waals surface area contributed by atoms with Crippen LogP contribution in [0.15, 0.2) is 48.6 Å². The van der Waals surface area contributed by atoms with Crippen LogP contribution in [-0.2, 0) is 9.53 Å². The lowest BCUT2D eigenvalue weighted by molar-refractivity contribution is -0.137. The maximum atomic E-state index is 10.4. The van der Waals surface area contributed by atoms with Crippen molar-refractivity contribution < 1.29 is 19.7 Å². The first-order valence-electron chi connectivity index (χ1n) is 9.82. The van der Waals surface area contributed by atoms with Crippen molar-refractivity contribution in [2.45, 2.75) is 83.0 Å². The molecule has 0 radical (unpaired) electrons. The van der Waals surface area contributed by atoms with Gasteiger partial charge in [-0.1, -0.05) is 62.0 Å². The molecule has 0 spiro atoms. The summed E-state index contributed by atoms with van der Waals surface area (Å²) < 4.78 is 5.42. The van der Waals surface area contributed by atoms with E-state index in [4.69, 9.17) is 9.84 Å². The molecule has 4 nitrogen and oxygen atoms in total. The third-order valence-electron chi connectivity index (χ3n) is 4.28. The first-order valence-corrected chi connectivity index (χ1v) is 9.82. The van der Waals surface area contributed by atoms with Crippen LogP contribution in [0.25, 0.3) is 0 Å². The minimum absolute atomic E-state index is 0.240. The maximum absolute atomic E-state index is 10.4. The van der Waals surface area contributed by atoms with Gasteiger partial charge in [-0.15, -0.1) is 0 Å². The molecule has 0 saturated carbocycles. The Morgan fingerprint density at radius 1 is 1.00 bits per heavy atom. The van der Waals surface area contributed by atoms with Gasteiger partial charge < -0.3 is 14.9 Å². The van der Waals surface area contributed by atoms with E-state index in [9.17, 15) is 9.90 Å². The fourth-order valence-electron chi connectivity index (χ4n) is 2.69. The summed E-state index contributed by atoms with van der Waals surface area (Å²) in [6.45, 7) is 2.10. The maximum Gasteiger partial charge on any atom is 0.303 e. The molecule has 1 fully saturated rings. The largest absolute Gasteiger partial charge is 0.481 e. The van der Waals surface area contributed by atoms with Crippen molar-refractivity contribution >= 4 is 5.97 Å². The quantitative estimate of drug-likeness (QED) is 0.187. The Bertz CT molecular complexity index is 490. The lowest BCUT2D eigenvalue weighted by Crippen LogP contribution is -2.07. The van der Waals surface area contributed by atoms with E-state index >= 15 is 0 Å². The van der Waals surface area contributed by atoms with Crippen molar-refractivity contribution in [3.63, 3.8) is 0 Å². The fraction of sp³-hybridized carbons (Fsp3) is 0.591. The van der Waals surface area contributed by atoms with E-state index < -0.39 is 12.1 Å². The summed E-state index contributed by atoms with van der Waals surface area (Å²) in [7, 11) is 0. The van der Waals surface area contributed by atoms with Gasteiger partial charge in [-0.3, -0.25) is 4.79 Å². The fourth-order valence-corrected chi connectivity index (χ4v) is 2.69. The minimum atomic E-state index is -0.704. The van der Waals surface area contributed by atoms with Crippen LogP contribution in [-0.4, -0.2) is 34.5 Å². The Morgan fingerprint density at radius 3 is 2.42 bits per heavy atom. The van der Waals surface area contributed by atoms with Gasteiger partial charge in [0.25, 0.3) is 0 Å². The molecule has 0 aliphatic carbocycles. The second-order valence-corrected chi connectivity index (χ2v) is 6.64. The molecular weight excluding hydrogens is 328 g/mol. The van der Waals surface area contributed by atoms with Crippen LogP contribution in [0.3, 0.4) is 0 Å². The monoisotopic (exact) mass is 362 g/mol. The van der Waals surface area contributed by atoms with Gasteiger partial charge in [0.05, 0.1) is 18.3 Å². The predicted octanol–water partition coefficient (Wildman–Crippen LogP) is 4.95. The van der Waals surface area contributed by atoms with Gasteiger partial charge >= 0.3 is 5.97 Å². The zero-order valence-corrected chi connectivity index (χ0v) is 15.9. The standard InChI is InChI=1S/C22H34O4/c1-2-20-21(26-20)18-19(23)16-14-12-10-8-6-4-3-5-7-9-11-13-15-17-22(24)25/h4-7,10,12,14,16,19-21,23H,2-3,8-9,11,13,15,17-18H2,1H3,(H,24,25). The Balaban J connectivity index is 1.94. The van der Waals surface area contributed by atoms with Gasteiger partial charge in [0.2, 0.25) is 0 Å². The number of epoxide rings is 1. The summed E-state index contributed by atoms with van der Waals surface area (Å²) in [6, 6.07) is 0. The molecule has 1 aliphatic rings. The summed E-state index contributed by atoms with van der Waals surface area (Å²) >= 11 is 0. The van der Waals surface area contributed by atoms with E-state index in [1.807, 2.05) is 18.2 Å². The highest BCUT2D eigenvalue weighted by Gasteiger charge is 2.37. The lowest BCUT2D eigenvalue weighted by atomic mass is 10.1. The average Bonchev–Trinajstić information content (AvgIpc) is 3.36. The van der Waals surface area contributed by atoms with Crippen LogP contribution in [0.1, 0.15) is 64.7 Å². The molecule has 0 amide bonds. The molecule has 26 heavy (non-hydrogen) atoms. The number of ether oxygens (including phenoxy) is 1. The summed E-state index contributed by atoms with van der Waals surface area (Å²) in [6.07, 6.45) is 24.1. The number of rotatable bonds is 15. The van der Waals surface area contributed by atoms with E-state index in [1.54, 1.807) is 0 Å². The number of aliphatic hydroxyl groups is 1. The lowest BCUT2D eigenvalue weighted by Gasteiger charge is -2.00. The van der Waals surface area contributed by atoms with Crippen LogP contribution in [0.2, 0.25) is 0 Å². The zero-order chi connectivity index (χ0) is 19.0. The number of carboxylic acids is 1. The number of hydrogen-bond acceptors (Lipinski definition) is 3. The van der Waals surface area contributed by atoms with Crippen LogP contribution in [0.4, 0.5) is 0 Å². The number of aliphatic hydroxyl groups excluding tert-OH is 1. The summed E-state index contributed by atoms with van der Waals surface area (Å²) in [5.41, 5.74) is 0. The van der Waals surface area contributed by atoms with Crippen molar-refractivity contribution in [1.82, 2.24) is 0 Å². The normalized spacial score (nSPS) is 21.5. The average molecular weight is 363 g/mol. The molecule has 1 rings (SSSR count). The Hall–Kier alpha value is -1.65. The van der Waals surface area contributed by atoms with Crippen LogP contribution in [0.5, 0.6) is 0 Å². The zero-order valence-electron chi connectivity index (χ0n) is 15.9. The highest BCUT2D eigenvalue weighted by atomic mass is 16.6. The van der Waals surface area contributed by atoms with E-state index in [2.05, 4.69) is 37.3 Å². The van der Waals surface area contributed by atoms with Gasteiger partial charge in [-0.05, 0) is 38.5 Å². The van der Waals surface area contributed by atoms with Crippen molar-refractivity contribution in [1.29, 1.82) is 0 Å². The van der Waals surface area contributed by atoms with Crippen LogP contribution < -0.4 is 0 Å². The van der Waals surface area contributed by atoms with Gasteiger partial charge in [0.1, 0.15) is 0 Å². The molecule has 1 heterocycles. The molecular formula is C22H34O4. The molecule has 1 saturated heterocycles. The molecule has 146 valence electrons. The molecule has 1 aliphatic heterocycles. The smallest absolute Gasteiger partial charge is 0.303 e. The number of carboxylic acid groups (broad SMARTS) is 1. The third-order valence-corrected chi connectivity index (χ3v) is 4.28. The summed E-state index contributed by atoms with van der Waals surface area (Å²) in [5.74, 6) is -0.704. The Morgan fingerprint density at radius 2 is 1.73 bits per heavy atom. The van der Waals surface area contributed by atoms with Crippen molar-refractivity contribution in [3.8, 4) is 0 Å². The topological polar surface area (TPSA) is 70.1 Å². The Labute approximate surface area is 158 Å². The van der Waals surface area contributed by atoms with Crippen molar-refractivity contribution in [2.75, 3.05) is 0 Å². The third kappa shape index (κ3) is 12.7. The Kier molecular flexibility index (Phi) is 12.5. The number of hydrogen-bond donors (Lipinski definition) is 2. The molecule has 0 aromatic carbocycles. The van der Waals surface area contributed by atoms with Gasteiger partial charge in [0.15, 0.2) is 0 Å². The highest BCUT2D eigenvalue weighted by Crippen LogP contribution is 2.29. The number of aliphatic carboxylic acids is 1. The first-order chi connectivity index (χ1) is 12.6. The van der Waals surface area contributed by atoms with E-state index in [1.165, 1.54) is 0 Å². The SMILES string of the molecule is CCC1OC1CC(O)C=CC=CCC=CCC=CCCCCCC(=O)O. The molecule has 0 aromatic rings. The minimum Gasteiger partial charge on any atom is -0.481 e. The second-order valence-electron chi connectivity index (χ2n) is 6.64. The predicted molar refractivity (Wildman–Crippen MR) is 106 cm³/mol. The number of unbranched alkanes of at least 4 members (excludes halogenated alkanes) is 3. The van der Waals surface area contributed by atoms with Gasteiger partial charge in [-0.25, -0.2) is 0 Å². The van der Waals surface area contributed by atoms with Gasteiger partial charge in [0, 0.05) is 12.8 Å². The number of carbonyl (C=O) groups is 1. The molecule has 2 N–H and O–H groups in total. The van der Waals surface area contributed by atoms with E-state index in [0.717, 1.165) is 44.9 Å². The van der Waals surface area contributed by atoms with Crippen LogP contribution in [0, 0.1) is 0 Å². The van der Waals surface area contributed by atoms with E-state index in [-0.39, 0.29) is 12.5 Å². The molecule has 0 aromatic heterocycles. The highest BCUT2D eigenvalue weighted by molar-refractivity contribution is 5.66. The summed E-state index contributed by atoms with van der Waals surface area (Å²) in [5, 5.41) is 18.4. The van der Waals surface area contributed by atoms with Gasteiger partial charge in [-0.2, -0.15) is 0 Å². The van der Waals surface area contributed by atoms with E-state index in [0.29, 0.717) is 12.5 Å². The first kappa shape index (κ1) is 22.4. The molecule has 3 unspecified atom stereocenters. The molecule has 3 atom stereocenters. The summed E-state index contributed by atoms with van der Waals surface area (Å²) in [4.78, 5) is 10.4.